The fourth-order valence-corrected chi connectivity index (χ4v) is 3.24. The Morgan fingerprint density at radius 2 is 1.44 bits per heavy atom. The molecule has 3 nitrogen and oxygen atoms in total. The summed E-state index contributed by atoms with van der Waals surface area (Å²) in [7, 11) is 1.26. The number of hydrogen-bond acceptors (Lipinski definition) is 3. The molecule has 0 N–H and O–H groups in total. The van der Waals surface area contributed by atoms with Gasteiger partial charge in [-0.05, 0) is 42.7 Å². The molecule has 0 spiro atoms. The molecule has 0 heterocycles. The Hall–Kier alpha value is -2.55. The van der Waals surface area contributed by atoms with Crippen LogP contribution < -0.4 is 0 Å². The van der Waals surface area contributed by atoms with Gasteiger partial charge in [0.05, 0.1) is 30.9 Å². The van der Waals surface area contributed by atoms with E-state index in [2.05, 4.69) is 4.74 Å². The van der Waals surface area contributed by atoms with Crippen molar-refractivity contribution in [2.45, 2.75) is 50.6 Å². The standard InChI is InChI=1S/C23H24F6O3/c1-15(16-11-18(22(24,25)26)13-19(12-16)23(27,28)29)32-14-21(2,10-9-20(30)31-3)17-7-5-4-6-8-17/h4-8,11-13,15H,9-10,14H2,1-3H3/t15-,21+/m1/s1. The van der Waals surface area contributed by atoms with Crippen molar-refractivity contribution in [2.75, 3.05) is 13.7 Å². The lowest BCUT2D eigenvalue weighted by molar-refractivity contribution is -0.143. The number of carbonyl (C=O) groups excluding carboxylic acids is 1. The molecule has 2 aromatic carbocycles. The highest BCUT2D eigenvalue weighted by atomic mass is 19.4. The number of hydrogen-bond donors (Lipinski definition) is 0. The van der Waals surface area contributed by atoms with Crippen LogP contribution in [-0.2, 0) is 32.0 Å². The number of carbonyl (C=O) groups is 1. The molecule has 0 aromatic heterocycles. The lowest BCUT2D eigenvalue weighted by atomic mass is 9.79. The average Bonchev–Trinajstić information content (AvgIpc) is 2.74. The molecule has 176 valence electrons. The van der Waals surface area contributed by atoms with Gasteiger partial charge in [-0.3, -0.25) is 4.79 Å². The van der Waals surface area contributed by atoms with Crippen LogP contribution in [-0.4, -0.2) is 19.7 Å². The molecule has 0 fully saturated rings. The van der Waals surface area contributed by atoms with Gasteiger partial charge in [-0.2, -0.15) is 26.3 Å². The first kappa shape index (κ1) is 25.7. The van der Waals surface area contributed by atoms with E-state index in [0.29, 0.717) is 18.6 Å². The van der Waals surface area contributed by atoms with Crippen LogP contribution in [0.1, 0.15) is 55.0 Å². The fourth-order valence-electron chi connectivity index (χ4n) is 3.24. The van der Waals surface area contributed by atoms with E-state index >= 15 is 0 Å². The molecule has 0 saturated carbocycles. The summed E-state index contributed by atoms with van der Waals surface area (Å²) in [5, 5.41) is 0. The van der Waals surface area contributed by atoms with Gasteiger partial charge in [-0.1, -0.05) is 37.3 Å². The third-order valence-electron chi connectivity index (χ3n) is 5.31. The van der Waals surface area contributed by atoms with Crippen LogP contribution in [0.25, 0.3) is 0 Å². The molecule has 0 aliphatic carbocycles. The molecule has 0 radical (unpaired) electrons. The predicted molar refractivity (Wildman–Crippen MR) is 106 cm³/mol. The predicted octanol–water partition coefficient (Wildman–Crippen LogP) is 6.71. The summed E-state index contributed by atoms with van der Waals surface area (Å²) in [6.07, 6.45) is -10.5. The number of halogens is 6. The molecular formula is C23H24F6O3. The van der Waals surface area contributed by atoms with E-state index in [0.717, 1.165) is 5.56 Å². The molecule has 0 amide bonds. The highest BCUT2D eigenvalue weighted by Gasteiger charge is 2.37. The number of benzene rings is 2. The van der Waals surface area contributed by atoms with Crippen molar-refractivity contribution in [3.8, 4) is 0 Å². The fraction of sp³-hybridized carbons (Fsp3) is 0.435. The van der Waals surface area contributed by atoms with E-state index in [-0.39, 0.29) is 24.7 Å². The second-order valence-electron chi connectivity index (χ2n) is 7.80. The summed E-state index contributed by atoms with van der Waals surface area (Å²) in [6, 6.07) is 10.4. The highest BCUT2D eigenvalue weighted by molar-refractivity contribution is 5.69. The molecule has 0 aliphatic rings. The zero-order chi connectivity index (χ0) is 24.2. The Bertz CT molecular complexity index is 876. The molecular weight excluding hydrogens is 438 g/mol. The Labute approximate surface area is 182 Å². The van der Waals surface area contributed by atoms with E-state index in [9.17, 15) is 31.1 Å². The van der Waals surface area contributed by atoms with Gasteiger partial charge in [0.1, 0.15) is 0 Å². The van der Waals surface area contributed by atoms with E-state index < -0.39 is 41.0 Å². The largest absolute Gasteiger partial charge is 0.469 e. The second-order valence-corrected chi connectivity index (χ2v) is 7.80. The molecule has 9 heteroatoms. The number of ether oxygens (including phenoxy) is 2. The van der Waals surface area contributed by atoms with E-state index in [1.54, 1.807) is 18.2 Å². The van der Waals surface area contributed by atoms with E-state index in [4.69, 9.17) is 4.74 Å². The summed E-state index contributed by atoms with van der Waals surface area (Å²) >= 11 is 0. The Kier molecular flexibility index (Phi) is 7.98. The zero-order valence-corrected chi connectivity index (χ0v) is 17.8. The minimum absolute atomic E-state index is 0.0349. The number of esters is 1. The Morgan fingerprint density at radius 3 is 1.91 bits per heavy atom. The van der Waals surface area contributed by atoms with Crippen molar-refractivity contribution in [3.05, 3.63) is 70.8 Å². The van der Waals surface area contributed by atoms with Gasteiger partial charge in [-0.15, -0.1) is 0 Å². The number of rotatable bonds is 8. The summed E-state index contributed by atoms with van der Waals surface area (Å²) in [5.41, 5.74) is -2.94. The van der Waals surface area contributed by atoms with Crippen molar-refractivity contribution in [1.82, 2.24) is 0 Å². The van der Waals surface area contributed by atoms with Crippen LogP contribution >= 0.6 is 0 Å². The Balaban J connectivity index is 2.31. The molecule has 2 aromatic rings. The van der Waals surface area contributed by atoms with Gasteiger partial charge in [0.15, 0.2) is 0 Å². The number of alkyl halides is 6. The van der Waals surface area contributed by atoms with Crippen LogP contribution in [0.5, 0.6) is 0 Å². The summed E-state index contributed by atoms with van der Waals surface area (Å²) in [4.78, 5) is 11.6. The average molecular weight is 462 g/mol. The van der Waals surface area contributed by atoms with Crippen molar-refractivity contribution in [3.63, 3.8) is 0 Å². The van der Waals surface area contributed by atoms with Crippen LogP contribution in [0.3, 0.4) is 0 Å². The molecule has 2 rings (SSSR count). The summed E-state index contributed by atoms with van der Waals surface area (Å²) in [5.74, 6) is -0.437. The van der Waals surface area contributed by atoms with Gasteiger partial charge in [0.2, 0.25) is 0 Å². The second kappa shape index (κ2) is 9.94. The third-order valence-corrected chi connectivity index (χ3v) is 5.31. The van der Waals surface area contributed by atoms with Gasteiger partial charge >= 0.3 is 18.3 Å². The molecule has 0 aliphatic heterocycles. The van der Waals surface area contributed by atoms with Crippen LogP contribution in [0.4, 0.5) is 26.3 Å². The smallest absolute Gasteiger partial charge is 0.416 e. The quantitative estimate of drug-likeness (QED) is 0.323. The highest BCUT2D eigenvalue weighted by Crippen LogP contribution is 2.38. The van der Waals surface area contributed by atoms with Gasteiger partial charge in [0, 0.05) is 11.8 Å². The molecule has 0 unspecified atom stereocenters. The first-order valence-corrected chi connectivity index (χ1v) is 9.79. The van der Waals surface area contributed by atoms with Crippen LogP contribution in [0.15, 0.2) is 48.5 Å². The van der Waals surface area contributed by atoms with Gasteiger partial charge in [0.25, 0.3) is 0 Å². The van der Waals surface area contributed by atoms with Crippen molar-refractivity contribution < 1.29 is 40.6 Å². The third kappa shape index (κ3) is 6.72. The molecule has 2 atom stereocenters. The number of methoxy groups -OCH3 is 1. The Morgan fingerprint density at radius 1 is 0.906 bits per heavy atom. The van der Waals surface area contributed by atoms with Crippen LogP contribution in [0.2, 0.25) is 0 Å². The first-order valence-electron chi connectivity index (χ1n) is 9.79. The minimum atomic E-state index is -4.94. The summed E-state index contributed by atoms with van der Waals surface area (Å²) in [6.45, 7) is 3.17. The van der Waals surface area contributed by atoms with Gasteiger partial charge in [-0.25, -0.2) is 0 Å². The van der Waals surface area contributed by atoms with Crippen LogP contribution in [0, 0.1) is 0 Å². The van der Waals surface area contributed by atoms with Crippen molar-refractivity contribution in [2.24, 2.45) is 0 Å². The lowest BCUT2D eigenvalue weighted by Crippen LogP contribution is -2.30. The zero-order valence-electron chi connectivity index (χ0n) is 17.8. The maximum atomic E-state index is 13.2. The van der Waals surface area contributed by atoms with E-state index in [1.807, 2.05) is 19.1 Å². The lowest BCUT2D eigenvalue weighted by Gasteiger charge is -2.31. The minimum Gasteiger partial charge on any atom is -0.469 e. The van der Waals surface area contributed by atoms with Gasteiger partial charge < -0.3 is 9.47 Å². The maximum Gasteiger partial charge on any atom is 0.416 e. The molecule has 32 heavy (non-hydrogen) atoms. The monoisotopic (exact) mass is 462 g/mol. The first-order chi connectivity index (χ1) is 14.8. The SMILES string of the molecule is COC(=O)CC[C@@](C)(CO[C@H](C)c1cc(C(F)(F)F)cc(C(F)(F)F)c1)c1ccccc1. The van der Waals surface area contributed by atoms with E-state index in [1.165, 1.54) is 14.0 Å². The molecule has 0 saturated heterocycles. The molecule has 0 bridgehead atoms. The van der Waals surface area contributed by atoms with Crippen molar-refractivity contribution >= 4 is 5.97 Å². The normalized spacial score (nSPS) is 15.2. The summed E-state index contributed by atoms with van der Waals surface area (Å²) < 4.78 is 89.4. The van der Waals surface area contributed by atoms with Crippen molar-refractivity contribution in [1.29, 1.82) is 0 Å². The maximum absolute atomic E-state index is 13.2. The topological polar surface area (TPSA) is 35.5 Å².